The highest BCUT2D eigenvalue weighted by molar-refractivity contribution is 5.94. The number of para-hydroxylation sites is 1. The van der Waals surface area contributed by atoms with E-state index in [0.29, 0.717) is 25.2 Å². The number of carbonyl (C=O) groups is 1. The van der Waals surface area contributed by atoms with Gasteiger partial charge in [-0.05, 0) is 30.7 Å². The number of rotatable bonds is 6. The van der Waals surface area contributed by atoms with Crippen molar-refractivity contribution in [2.45, 2.75) is 13.5 Å². The summed E-state index contributed by atoms with van der Waals surface area (Å²) in [6.07, 6.45) is 0. The van der Waals surface area contributed by atoms with Crippen molar-refractivity contribution in [3.63, 3.8) is 0 Å². The summed E-state index contributed by atoms with van der Waals surface area (Å²) >= 11 is 0. The van der Waals surface area contributed by atoms with Gasteiger partial charge in [-0.3, -0.25) is 4.79 Å². The van der Waals surface area contributed by atoms with E-state index in [4.69, 9.17) is 5.73 Å². The summed E-state index contributed by atoms with van der Waals surface area (Å²) in [5.41, 5.74) is 9.55. The van der Waals surface area contributed by atoms with Crippen LogP contribution in [0, 0.1) is 6.92 Å². The van der Waals surface area contributed by atoms with Gasteiger partial charge >= 0.3 is 0 Å². The van der Waals surface area contributed by atoms with Crippen LogP contribution >= 0.6 is 0 Å². The maximum atomic E-state index is 11.9. The Kier molecular flexibility index (Phi) is 5.35. The second kappa shape index (κ2) is 7.45. The van der Waals surface area contributed by atoms with Gasteiger partial charge in [0.2, 0.25) is 0 Å². The van der Waals surface area contributed by atoms with Crippen LogP contribution in [0.25, 0.3) is 0 Å². The van der Waals surface area contributed by atoms with E-state index in [-0.39, 0.29) is 5.91 Å². The molecule has 4 nitrogen and oxygen atoms in total. The second-order valence-corrected chi connectivity index (χ2v) is 5.00. The third-order valence-electron chi connectivity index (χ3n) is 3.27. The van der Waals surface area contributed by atoms with Crippen molar-refractivity contribution >= 4 is 11.6 Å². The van der Waals surface area contributed by atoms with E-state index >= 15 is 0 Å². The number of nitrogens with one attached hydrogen (secondary N) is 2. The molecule has 110 valence electrons. The highest BCUT2D eigenvalue weighted by Crippen LogP contribution is 2.09. The molecule has 4 heteroatoms. The Labute approximate surface area is 125 Å². The first-order chi connectivity index (χ1) is 10.2. The zero-order valence-electron chi connectivity index (χ0n) is 12.2. The molecular weight excluding hydrogens is 262 g/mol. The summed E-state index contributed by atoms with van der Waals surface area (Å²) in [5.74, 6) is -0.0453. The molecule has 2 rings (SSSR count). The third-order valence-corrected chi connectivity index (χ3v) is 3.27. The number of aryl methyl sites for hydroxylation is 1. The predicted molar refractivity (Wildman–Crippen MR) is 86.1 cm³/mol. The lowest BCUT2D eigenvalue weighted by Crippen LogP contribution is -2.31. The van der Waals surface area contributed by atoms with Gasteiger partial charge in [0, 0.05) is 30.9 Å². The van der Waals surface area contributed by atoms with Gasteiger partial charge in [-0.25, -0.2) is 0 Å². The van der Waals surface area contributed by atoms with E-state index in [0.717, 1.165) is 16.8 Å². The maximum absolute atomic E-state index is 11.9. The Morgan fingerprint density at radius 1 is 1.05 bits per heavy atom. The zero-order chi connectivity index (χ0) is 15.1. The largest absolute Gasteiger partial charge is 0.398 e. The molecule has 0 bridgehead atoms. The average Bonchev–Trinajstić information content (AvgIpc) is 2.49. The fraction of sp³-hybridized carbons (Fsp3) is 0.235. The molecule has 0 aliphatic carbocycles. The molecule has 0 fully saturated rings. The summed E-state index contributed by atoms with van der Waals surface area (Å²) < 4.78 is 0. The van der Waals surface area contributed by atoms with E-state index in [1.165, 1.54) is 0 Å². The van der Waals surface area contributed by atoms with E-state index in [1.807, 2.05) is 55.5 Å². The number of nitrogen functional groups attached to an aromatic ring is 1. The SMILES string of the molecule is Cc1ccc(C(=O)NCCNCc2ccccc2N)cc1. The van der Waals surface area contributed by atoms with E-state index in [1.54, 1.807) is 0 Å². The van der Waals surface area contributed by atoms with Gasteiger partial charge in [0.15, 0.2) is 0 Å². The van der Waals surface area contributed by atoms with Gasteiger partial charge < -0.3 is 16.4 Å². The highest BCUT2D eigenvalue weighted by Gasteiger charge is 2.03. The number of amides is 1. The molecular formula is C17H21N3O. The zero-order valence-corrected chi connectivity index (χ0v) is 12.2. The Hall–Kier alpha value is -2.33. The van der Waals surface area contributed by atoms with Crippen molar-refractivity contribution in [1.82, 2.24) is 10.6 Å². The van der Waals surface area contributed by atoms with Crippen LogP contribution in [0.2, 0.25) is 0 Å². The van der Waals surface area contributed by atoms with Gasteiger partial charge in [-0.2, -0.15) is 0 Å². The smallest absolute Gasteiger partial charge is 0.251 e. The van der Waals surface area contributed by atoms with Gasteiger partial charge in [0.05, 0.1) is 0 Å². The second-order valence-electron chi connectivity index (χ2n) is 5.00. The Balaban J connectivity index is 1.69. The molecule has 0 radical (unpaired) electrons. The van der Waals surface area contributed by atoms with Crippen LogP contribution in [0.3, 0.4) is 0 Å². The van der Waals surface area contributed by atoms with Crippen LogP contribution in [-0.2, 0) is 6.54 Å². The monoisotopic (exact) mass is 283 g/mol. The Morgan fingerprint density at radius 2 is 1.76 bits per heavy atom. The van der Waals surface area contributed by atoms with E-state index in [2.05, 4.69) is 10.6 Å². The molecule has 0 aliphatic rings. The number of hydrogen-bond acceptors (Lipinski definition) is 3. The summed E-state index contributed by atoms with van der Waals surface area (Å²) in [5, 5.41) is 6.15. The molecule has 0 saturated carbocycles. The normalized spacial score (nSPS) is 10.3. The molecule has 0 aromatic heterocycles. The highest BCUT2D eigenvalue weighted by atomic mass is 16.1. The number of carbonyl (C=O) groups excluding carboxylic acids is 1. The van der Waals surface area contributed by atoms with Gasteiger partial charge in [0.1, 0.15) is 0 Å². The molecule has 0 heterocycles. The van der Waals surface area contributed by atoms with Crippen molar-refractivity contribution in [2.24, 2.45) is 0 Å². The number of anilines is 1. The fourth-order valence-electron chi connectivity index (χ4n) is 1.99. The minimum absolute atomic E-state index is 0.0453. The average molecular weight is 283 g/mol. The van der Waals surface area contributed by atoms with Crippen molar-refractivity contribution in [2.75, 3.05) is 18.8 Å². The lowest BCUT2D eigenvalue weighted by Gasteiger charge is -2.08. The molecule has 0 spiro atoms. The summed E-state index contributed by atoms with van der Waals surface area (Å²) in [6.45, 7) is 3.99. The first kappa shape index (κ1) is 15.1. The summed E-state index contributed by atoms with van der Waals surface area (Å²) in [4.78, 5) is 11.9. The van der Waals surface area contributed by atoms with Crippen LogP contribution in [0.15, 0.2) is 48.5 Å². The summed E-state index contributed by atoms with van der Waals surface area (Å²) in [7, 11) is 0. The summed E-state index contributed by atoms with van der Waals surface area (Å²) in [6, 6.07) is 15.3. The Bertz CT molecular complexity index is 593. The van der Waals surface area contributed by atoms with Crippen molar-refractivity contribution in [3.05, 3.63) is 65.2 Å². The molecule has 1 amide bonds. The predicted octanol–water partition coefficient (Wildman–Crippen LogP) is 2.10. The first-order valence-corrected chi connectivity index (χ1v) is 7.06. The van der Waals surface area contributed by atoms with Crippen molar-refractivity contribution in [1.29, 1.82) is 0 Å². The number of nitrogens with two attached hydrogens (primary N) is 1. The Morgan fingerprint density at radius 3 is 2.48 bits per heavy atom. The van der Waals surface area contributed by atoms with Crippen LogP contribution < -0.4 is 16.4 Å². The molecule has 0 saturated heterocycles. The molecule has 2 aromatic carbocycles. The molecule has 21 heavy (non-hydrogen) atoms. The number of benzene rings is 2. The molecule has 0 aliphatic heterocycles. The standard InChI is InChI=1S/C17H21N3O/c1-13-6-8-14(9-7-13)17(21)20-11-10-19-12-15-4-2-3-5-16(15)18/h2-9,19H,10-12,18H2,1H3,(H,20,21). The fourth-order valence-corrected chi connectivity index (χ4v) is 1.99. The first-order valence-electron chi connectivity index (χ1n) is 7.06. The van der Waals surface area contributed by atoms with Gasteiger partial charge in [-0.1, -0.05) is 35.9 Å². The molecule has 0 atom stereocenters. The van der Waals surface area contributed by atoms with E-state index in [9.17, 15) is 4.79 Å². The van der Waals surface area contributed by atoms with Crippen molar-refractivity contribution in [3.8, 4) is 0 Å². The topological polar surface area (TPSA) is 67.2 Å². The maximum Gasteiger partial charge on any atom is 0.251 e. The number of hydrogen-bond donors (Lipinski definition) is 3. The van der Waals surface area contributed by atoms with Crippen LogP contribution in [0.4, 0.5) is 5.69 Å². The van der Waals surface area contributed by atoms with Crippen molar-refractivity contribution < 1.29 is 4.79 Å². The van der Waals surface area contributed by atoms with Crippen LogP contribution in [0.1, 0.15) is 21.5 Å². The minimum Gasteiger partial charge on any atom is -0.398 e. The molecule has 0 unspecified atom stereocenters. The van der Waals surface area contributed by atoms with Crippen LogP contribution in [-0.4, -0.2) is 19.0 Å². The molecule has 4 N–H and O–H groups in total. The minimum atomic E-state index is -0.0453. The lowest BCUT2D eigenvalue weighted by atomic mass is 10.1. The van der Waals surface area contributed by atoms with Gasteiger partial charge in [0.25, 0.3) is 5.91 Å². The van der Waals surface area contributed by atoms with Gasteiger partial charge in [-0.15, -0.1) is 0 Å². The lowest BCUT2D eigenvalue weighted by molar-refractivity contribution is 0.0954. The quantitative estimate of drug-likeness (QED) is 0.562. The molecule has 2 aromatic rings. The van der Waals surface area contributed by atoms with E-state index < -0.39 is 0 Å². The third kappa shape index (κ3) is 4.61. The van der Waals surface area contributed by atoms with Crippen LogP contribution in [0.5, 0.6) is 0 Å².